The summed E-state index contributed by atoms with van der Waals surface area (Å²) < 4.78 is 0. The Balaban J connectivity index is 2.75. The topological polar surface area (TPSA) is 12.0 Å². The zero-order chi connectivity index (χ0) is 8.97. The monoisotopic (exact) mass is 227 g/mol. The quantitative estimate of drug-likeness (QED) is 0.619. The van der Waals surface area contributed by atoms with Crippen LogP contribution in [0.4, 0.5) is 0 Å². The molecule has 1 aromatic carbocycles. The summed E-state index contributed by atoms with van der Waals surface area (Å²) in [5.41, 5.74) is 4.91. The van der Waals surface area contributed by atoms with E-state index >= 15 is 0 Å². The van der Waals surface area contributed by atoms with Gasteiger partial charge in [-0.3, -0.25) is 0 Å². The maximum absolute atomic E-state index is 3.34. The Kier molecular flexibility index (Phi) is 3.76. The summed E-state index contributed by atoms with van der Waals surface area (Å²) in [6, 6.07) is 6.54. The van der Waals surface area contributed by atoms with Gasteiger partial charge < -0.3 is 5.32 Å². The highest BCUT2D eigenvalue weighted by Gasteiger charge is 1.96. The highest BCUT2D eigenvalue weighted by atomic mass is 79.9. The number of hydrogen-bond acceptors (Lipinski definition) is 1. The van der Waals surface area contributed by atoms with Crippen molar-refractivity contribution in [2.45, 2.75) is 20.4 Å². The molecular formula is C10H14BrN. The number of aryl methyl sites for hydroxylation is 2. The van der Waals surface area contributed by atoms with E-state index < -0.39 is 0 Å². The van der Waals surface area contributed by atoms with E-state index in [0.29, 0.717) is 0 Å². The van der Waals surface area contributed by atoms with E-state index in [1.165, 1.54) is 16.7 Å². The SMILES string of the molecule is Cc1ccc(C)c(CNCBr)c1. The lowest BCUT2D eigenvalue weighted by Crippen LogP contribution is -2.10. The highest BCUT2D eigenvalue weighted by molar-refractivity contribution is 9.09. The molecule has 0 atom stereocenters. The van der Waals surface area contributed by atoms with Crippen LogP contribution in [0.25, 0.3) is 0 Å². The highest BCUT2D eigenvalue weighted by Crippen LogP contribution is 2.09. The minimum atomic E-state index is 0.848. The van der Waals surface area contributed by atoms with Crippen LogP contribution in [-0.4, -0.2) is 5.45 Å². The summed E-state index contributed by atoms with van der Waals surface area (Å²) in [7, 11) is 0. The van der Waals surface area contributed by atoms with Crippen molar-refractivity contribution in [2.24, 2.45) is 0 Å². The van der Waals surface area contributed by atoms with Crippen molar-refractivity contribution in [3.05, 3.63) is 34.9 Å². The molecule has 0 bridgehead atoms. The van der Waals surface area contributed by atoms with Gasteiger partial charge in [-0.25, -0.2) is 0 Å². The average molecular weight is 228 g/mol. The van der Waals surface area contributed by atoms with Gasteiger partial charge in [-0.2, -0.15) is 0 Å². The van der Waals surface area contributed by atoms with Crippen LogP contribution in [0.2, 0.25) is 0 Å². The van der Waals surface area contributed by atoms with E-state index in [1.54, 1.807) is 0 Å². The lowest BCUT2D eigenvalue weighted by Gasteiger charge is -2.06. The number of alkyl halides is 1. The fraction of sp³-hybridized carbons (Fsp3) is 0.400. The summed E-state index contributed by atoms with van der Waals surface area (Å²) in [4.78, 5) is 0. The van der Waals surface area contributed by atoms with Gasteiger partial charge in [0.2, 0.25) is 0 Å². The zero-order valence-corrected chi connectivity index (χ0v) is 9.11. The number of benzene rings is 1. The van der Waals surface area contributed by atoms with Gasteiger partial charge in [-0.15, -0.1) is 0 Å². The number of rotatable bonds is 3. The molecule has 0 aromatic heterocycles. The first-order valence-electron chi connectivity index (χ1n) is 4.07. The predicted octanol–water partition coefficient (Wildman–Crippen LogP) is 2.75. The minimum absolute atomic E-state index is 0.848. The summed E-state index contributed by atoms with van der Waals surface area (Å²) in [6.07, 6.45) is 0. The summed E-state index contributed by atoms with van der Waals surface area (Å²) in [5, 5.41) is 3.25. The first-order chi connectivity index (χ1) is 5.74. The van der Waals surface area contributed by atoms with Gasteiger partial charge >= 0.3 is 0 Å². The van der Waals surface area contributed by atoms with Gasteiger partial charge in [0.05, 0.1) is 5.45 Å². The predicted molar refractivity (Wildman–Crippen MR) is 56.5 cm³/mol. The van der Waals surface area contributed by atoms with Crippen molar-refractivity contribution in [1.29, 1.82) is 0 Å². The molecule has 1 N–H and O–H groups in total. The molecule has 0 unspecified atom stereocenters. The maximum Gasteiger partial charge on any atom is 0.0519 e. The Morgan fingerprint density at radius 3 is 2.75 bits per heavy atom. The molecule has 0 radical (unpaired) electrons. The van der Waals surface area contributed by atoms with Crippen molar-refractivity contribution < 1.29 is 0 Å². The Morgan fingerprint density at radius 1 is 1.33 bits per heavy atom. The molecule has 0 heterocycles. The van der Waals surface area contributed by atoms with Crippen LogP contribution in [0.15, 0.2) is 18.2 Å². The van der Waals surface area contributed by atoms with Gasteiger partial charge in [0, 0.05) is 6.54 Å². The molecule has 0 aliphatic carbocycles. The molecular weight excluding hydrogens is 214 g/mol. The van der Waals surface area contributed by atoms with Gasteiger partial charge in [0.1, 0.15) is 0 Å². The van der Waals surface area contributed by atoms with Crippen molar-refractivity contribution in [2.75, 3.05) is 5.45 Å². The maximum atomic E-state index is 3.34. The molecule has 0 spiro atoms. The van der Waals surface area contributed by atoms with Crippen LogP contribution in [-0.2, 0) is 6.54 Å². The van der Waals surface area contributed by atoms with Crippen LogP contribution in [0.3, 0.4) is 0 Å². The molecule has 1 nitrogen and oxygen atoms in total. The molecule has 1 rings (SSSR count). The normalized spacial score (nSPS) is 10.2. The number of hydrogen-bond donors (Lipinski definition) is 1. The third-order valence-corrected chi connectivity index (χ3v) is 2.31. The Morgan fingerprint density at radius 2 is 2.08 bits per heavy atom. The Hall–Kier alpha value is -0.340. The molecule has 0 aliphatic heterocycles. The average Bonchev–Trinajstić information content (AvgIpc) is 2.07. The summed E-state index contributed by atoms with van der Waals surface area (Å²) >= 11 is 3.34. The molecule has 1 aromatic rings. The molecule has 0 saturated heterocycles. The van der Waals surface area contributed by atoms with Crippen molar-refractivity contribution in [3.8, 4) is 0 Å². The van der Waals surface area contributed by atoms with Crippen LogP contribution >= 0.6 is 15.9 Å². The smallest absolute Gasteiger partial charge is 0.0519 e. The van der Waals surface area contributed by atoms with Crippen LogP contribution < -0.4 is 5.32 Å². The first kappa shape index (κ1) is 9.75. The van der Waals surface area contributed by atoms with Crippen LogP contribution in [0.1, 0.15) is 16.7 Å². The van der Waals surface area contributed by atoms with Gasteiger partial charge in [0.25, 0.3) is 0 Å². The molecule has 0 amide bonds. The molecule has 0 aliphatic rings. The van der Waals surface area contributed by atoms with E-state index in [0.717, 1.165) is 12.0 Å². The van der Waals surface area contributed by atoms with Crippen molar-refractivity contribution in [1.82, 2.24) is 5.32 Å². The fourth-order valence-electron chi connectivity index (χ4n) is 1.17. The van der Waals surface area contributed by atoms with E-state index in [2.05, 4.69) is 53.3 Å². The van der Waals surface area contributed by atoms with E-state index in [-0.39, 0.29) is 0 Å². The van der Waals surface area contributed by atoms with Gasteiger partial charge in [-0.05, 0) is 25.0 Å². The summed E-state index contributed by atoms with van der Waals surface area (Å²) in [6.45, 7) is 5.21. The molecule has 0 fully saturated rings. The van der Waals surface area contributed by atoms with Gasteiger partial charge in [0.15, 0.2) is 0 Å². The number of halogens is 1. The third-order valence-electron chi connectivity index (χ3n) is 1.91. The summed E-state index contributed by atoms with van der Waals surface area (Å²) in [5.74, 6) is 0. The second-order valence-electron chi connectivity index (χ2n) is 2.99. The minimum Gasteiger partial charge on any atom is -0.303 e. The van der Waals surface area contributed by atoms with E-state index in [9.17, 15) is 0 Å². The molecule has 0 saturated carbocycles. The first-order valence-corrected chi connectivity index (χ1v) is 5.19. The lowest BCUT2D eigenvalue weighted by atomic mass is 10.1. The zero-order valence-electron chi connectivity index (χ0n) is 7.52. The third kappa shape index (κ3) is 2.61. The molecule has 66 valence electrons. The second kappa shape index (κ2) is 4.63. The van der Waals surface area contributed by atoms with Crippen LogP contribution in [0.5, 0.6) is 0 Å². The lowest BCUT2D eigenvalue weighted by molar-refractivity contribution is 0.796. The Labute approximate surface area is 82.3 Å². The standard InChI is InChI=1S/C10H14BrN/c1-8-3-4-9(2)10(5-8)6-12-7-11/h3-5,12H,6-7H2,1-2H3. The number of nitrogens with one attached hydrogen (secondary N) is 1. The molecule has 2 heteroatoms. The van der Waals surface area contributed by atoms with Crippen LogP contribution in [0, 0.1) is 13.8 Å². The molecule has 12 heavy (non-hydrogen) atoms. The fourth-order valence-corrected chi connectivity index (χ4v) is 1.37. The van der Waals surface area contributed by atoms with E-state index in [4.69, 9.17) is 0 Å². The van der Waals surface area contributed by atoms with Crippen molar-refractivity contribution in [3.63, 3.8) is 0 Å². The second-order valence-corrected chi connectivity index (χ2v) is 3.55. The Bertz CT molecular complexity index is 258. The van der Waals surface area contributed by atoms with Gasteiger partial charge in [-0.1, -0.05) is 39.7 Å². The largest absolute Gasteiger partial charge is 0.303 e. The van der Waals surface area contributed by atoms with E-state index in [1.807, 2.05) is 0 Å². The van der Waals surface area contributed by atoms with Crippen molar-refractivity contribution >= 4 is 15.9 Å².